The molecule has 3 rings (SSSR count). The van der Waals surface area contributed by atoms with Crippen LogP contribution in [-0.2, 0) is 13.6 Å². The third kappa shape index (κ3) is 2.15. The number of thiazole rings is 1. The highest BCUT2D eigenvalue weighted by molar-refractivity contribution is 7.09. The van der Waals surface area contributed by atoms with E-state index in [0.717, 1.165) is 6.54 Å². The van der Waals surface area contributed by atoms with Gasteiger partial charge in [0.25, 0.3) is 5.69 Å². The predicted molar refractivity (Wildman–Crippen MR) is 78.2 cm³/mol. The zero-order chi connectivity index (χ0) is 13.4. The van der Waals surface area contributed by atoms with Crippen molar-refractivity contribution in [3.63, 3.8) is 0 Å². The van der Waals surface area contributed by atoms with Gasteiger partial charge in [-0.25, -0.2) is 0 Å². The molecule has 0 bridgehead atoms. The van der Waals surface area contributed by atoms with Crippen LogP contribution in [0.5, 0.6) is 0 Å². The number of para-hydroxylation sites is 1. The summed E-state index contributed by atoms with van der Waals surface area (Å²) >= 11 is 1.81. The summed E-state index contributed by atoms with van der Waals surface area (Å²) in [6.07, 6.45) is 2.19. The molecular weight excluding hydrogens is 252 g/mol. The van der Waals surface area contributed by atoms with Gasteiger partial charge in [-0.15, -0.1) is 0 Å². The zero-order valence-corrected chi connectivity index (χ0v) is 12.4. The number of hydrogen-bond acceptors (Lipinski definition) is 1. The largest absolute Gasteiger partial charge is 0.258 e. The Kier molecular flexibility index (Phi) is 3.07. The van der Waals surface area contributed by atoms with E-state index in [4.69, 9.17) is 0 Å². The maximum Gasteiger partial charge on any atom is 0.258 e. The molecule has 0 spiro atoms. The Hall–Kier alpha value is -1.74. The highest BCUT2D eigenvalue weighted by atomic mass is 32.1. The van der Waals surface area contributed by atoms with Crippen molar-refractivity contribution < 1.29 is 9.13 Å². The molecule has 1 aromatic carbocycles. The molecule has 2 aromatic heterocycles. The molecule has 0 fully saturated rings. The summed E-state index contributed by atoms with van der Waals surface area (Å²) < 4.78 is 4.59. The minimum absolute atomic E-state index is 0.918. The van der Waals surface area contributed by atoms with E-state index >= 15 is 0 Å². The van der Waals surface area contributed by atoms with E-state index in [1.807, 2.05) is 11.3 Å². The minimum Gasteiger partial charge on any atom is -0.188 e. The van der Waals surface area contributed by atoms with Gasteiger partial charge >= 0.3 is 0 Å². The molecular formula is C16H18N2S+2. The van der Waals surface area contributed by atoms with Gasteiger partial charge in [0, 0.05) is 24.4 Å². The molecule has 2 heterocycles. The second-order valence-electron chi connectivity index (χ2n) is 4.95. The molecule has 0 N–H and O–H groups in total. The van der Waals surface area contributed by atoms with Crippen LogP contribution in [-0.4, -0.2) is 0 Å². The maximum absolute atomic E-state index is 2.32. The Balaban J connectivity index is 2.11. The normalized spacial score (nSPS) is 11.1. The van der Waals surface area contributed by atoms with Gasteiger partial charge in [-0.2, -0.15) is 9.13 Å². The summed E-state index contributed by atoms with van der Waals surface area (Å²) in [5, 5.41) is 4.92. The van der Waals surface area contributed by atoms with Crippen LogP contribution >= 0.6 is 11.3 Å². The van der Waals surface area contributed by atoms with Crippen LogP contribution in [0.25, 0.3) is 10.9 Å². The van der Waals surface area contributed by atoms with Crippen LogP contribution in [0.4, 0.5) is 0 Å². The number of rotatable bonds is 2. The first-order valence-corrected chi connectivity index (χ1v) is 7.35. The Morgan fingerprint density at radius 3 is 2.63 bits per heavy atom. The first-order chi connectivity index (χ1) is 9.16. The molecule has 0 saturated carbocycles. The molecule has 0 atom stereocenters. The van der Waals surface area contributed by atoms with E-state index in [0.29, 0.717) is 0 Å². The highest BCUT2D eigenvalue weighted by Crippen LogP contribution is 2.14. The van der Waals surface area contributed by atoms with Crippen LogP contribution in [0.3, 0.4) is 0 Å². The third-order valence-electron chi connectivity index (χ3n) is 3.74. The zero-order valence-electron chi connectivity index (χ0n) is 11.6. The minimum atomic E-state index is 0.918. The van der Waals surface area contributed by atoms with E-state index < -0.39 is 0 Å². The molecule has 0 radical (unpaired) electrons. The molecule has 0 amide bonds. The van der Waals surface area contributed by atoms with Gasteiger partial charge < -0.3 is 0 Å². The van der Waals surface area contributed by atoms with Gasteiger partial charge in [0.05, 0.1) is 5.38 Å². The fourth-order valence-electron chi connectivity index (χ4n) is 2.40. The van der Waals surface area contributed by atoms with Crippen molar-refractivity contribution in [3.05, 3.63) is 58.2 Å². The Morgan fingerprint density at radius 2 is 1.89 bits per heavy atom. The number of fused-ring (bicyclic) bond motifs is 1. The third-order valence-corrected chi connectivity index (χ3v) is 4.75. The van der Waals surface area contributed by atoms with E-state index in [9.17, 15) is 0 Å². The lowest BCUT2D eigenvalue weighted by Gasteiger charge is -2.02. The number of aryl methyl sites for hydroxylation is 2. The Bertz CT molecular complexity index is 744. The predicted octanol–water partition coefficient (Wildman–Crippen LogP) is 2.68. The van der Waals surface area contributed by atoms with Crippen LogP contribution in [0.1, 0.15) is 16.3 Å². The number of nitrogens with zero attached hydrogens (tertiary/aromatic N) is 2. The topological polar surface area (TPSA) is 7.76 Å². The monoisotopic (exact) mass is 270 g/mol. The quantitative estimate of drug-likeness (QED) is 0.633. The average Bonchev–Trinajstić information content (AvgIpc) is 2.74. The summed E-state index contributed by atoms with van der Waals surface area (Å²) in [4.78, 5) is 0. The first kappa shape index (κ1) is 12.3. The molecule has 0 aliphatic carbocycles. The smallest absolute Gasteiger partial charge is 0.188 e. The standard InChI is InChI=1S/C16H18N2S/c1-12-8-9-18(16-7-5-4-6-15(12)16)10-14-11-19-13(2)17(14)3/h4-9,11H,10H2,1-3H3/q+2. The van der Waals surface area contributed by atoms with Crippen molar-refractivity contribution in [3.8, 4) is 0 Å². The summed E-state index contributed by atoms with van der Waals surface area (Å²) in [6.45, 7) is 5.25. The Labute approximate surface area is 117 Å². The van der Waals surface area contributed by atoms with E-state index in [1.54, 1.807) is 0 Å². The van der Waals surface area contributed by atoms with Crippen LogP contribution in [0.15, 0.2) is 41.9 Å². The van der Waals surface area contributed by atoms with Gasteiger partial charge in [-0.3, -0.25) is 0 Å². The molecule has 0 aliphatic heterocycles. The number of hydrogen-bond donors (Lipinski definition) is 0. The molecule has 0 saturated heterocycles. The Morgan fingerprint density at radius 1 is 1.11 bits per heavy atom. The van der Waals surface area contributed by atoms with Crippen molar-refractivity contribution >= 4 is 22.2 Å². The second-order valence-corrected chi connectivity index (χ2v) is 6.01. The van der Waals surface area contributed by atoms with Crippen LogP contribution in [0, 0.1) is 13.8 Å². The molecule has 0 aliphatic rings. The van der Waals surface area contributed by atoms with Crippen LogP contribution in [0.2, 0.25) is 0 Å². The van der Waals surface area contributed by atoms with E-state index in [2.05, 4.69) is 71.9 Å². The lowest BCUT2D eigenvalue weighted by molar-refractivity contribution is -0.726. The molecule has 3 aromatic rings. The fourth-order valence-corrected chi connectivity index (χ4v) is 3.21. The van der Waals surface area contributed by atoms with Gasteiger partial charge in [0.15, 0.2) is 6.20 Å². The number of aromatic nitrogens is 2. The molecule has 3 heteroatoms. The second kappa shape index (κ2) is 4.74. The lowest BCUT2D eigenvalue weighted by Crippen LogP contribution is -2.42. The number of benzene rings is 1. The van der Waals surface area contributed by atoms with Gasteiger partial charge in [-0.1, -0.05) is 23.5 Å². The van der Waals surface area contributed by atoms with Crippen molar-refractivity contribution in [1.82, 2.24) is 0 Å². The summed E-state index contributed by atoms with van der Waals surface area (Å²) in [5.74, 6) is 0. The summed E-state index contributed by atoms with van der Waals surface area (Å²) in [7, 11) is 2.14. The van der Waals surface area contributed by atoms with Crippen molar-refractivity contribution in [2.75, 3.05) is 0 Å². The van der Waals surface area contributed by atoms with E-state index in [1.165, 1.54) is 27.2 Å². The molecule has 96 valence electrons. The fraction of sp³-hybridized carbons (Fsp3) is 0.250. The van der Waals surface area contributed by atoms with Gasteiger partial charge in [0.2, 0.25) is 17.1 Å². The van der Waals surface area contributed by atoms with Gasteiger partial charge in [0.1, 0.15) is 7.05 Å². The maximum atomic E-state index is 2.32. The first-order valence-electron chi connectivity index (χ1n) is 6.47. The average molecular weight is 270 g/mol. The number of pyridine rings is 1. The van der Waals surface area contributed by atoms with Crippen LogP contribution < -0.4 is 9.13 Å². The highest BCUT2D eigenvalue weighted by Gasteiger charge is 2.19. The SMILES string of the molecule is Cc1cc[n+](Cc2csc(C)[n+]2C)c2ccccc12. The van der Waals surface area contributed by atoms with E-state index in [-0.39, 0.29) is 0 Å². The molecule has 2 nitrogen and oxygen atoms in total. The van der Waals surface area contributed by atoms with Gasteiger partial charge in [-0.05, 0) is 18.6 Å². The lowest BCUT2D eigenvalue weighted by atomic mass is 10.1. The molecule has 0 unspecified atom stereocenters. The molecule has 19 heavy (non-hydrogen) atoms. The summed E-state index contributed by atoms with van der Waals surface area (Å²) in [6, 6.07) is 10.8. The van der Waals surface area contributed by atoms with Crippen molar-refractivity contribution in [2.24, 2.45) is 7.05 Å². The van der Waals surface area contributed by atoms with Crippen molar-refractivity contribution in [1.29, 1.82) is 0 Å². The van der Waals surface area contributed by atoms with Crippen molar-refractivity contribution in [2.45, 2.75) is 20.4 Å². The summed E-state index contributed by atoms with van der Waals surface area (Å²) in [5.41, 5.74) is 3.98.